The topological polar surface area (TPSA) is 86.8 Å². The highest BCUT2D eigenvalue weighted by Crippen LogP contribution is 2.22. The van der Waals surface area contributed by atoms with Gasteiger partial charge in [0.25, 0.3) is 0 Å². The van der Waals surface area contributed by atoms with Crippen molar-refractivity contribution in [2.75, 3.05) is 23.7 Å². The van der Waals surface area contributed by atoms with Crippen molar-refractivity contribution in [2.24, 2.45) is 0 Å². The van der Waals surface area contributed by atoms with Gasteiger partial charge in [0.15, 0.2) is 0 Å². The highest BCUT2D eigenvalue weighted by Gasteiger charge is 2.30. The Labute approximate surface area is 243 Å². The zero-order chi connectivity index (χ0) is 29.0. The van der Waals surface area contributed by atoms with Gasteiger partial charge in [0, 0.05) is 37.5 Å². The average Bonchev–Trinajstić information content (AvgIpc) is 2.94. The van der Waals surface area contributed by atoms with E-state index in [2.05, 4.69) is 12.2 Å². The smallest absolute Gasteiger partial charge is 0.243 e. The molecule has 0 saturated heterocycles. The van der Waals surface area contributed by atoms with Crippen LogP contribution in [0.2, 0.25) is 5.02 Å². The van der Waals surface area contributed by atoms with Crippen LogP contribution < -0.4 is 9.62 Å². The molecule has 0 aliphatic rings. The Hall–Kier alpha value is -3.36. The Bertz CT molecular complexity index is 1320. The molecule has 0 aliphatic carbocycles. The lowest BCUT2D eigenvalue weighted by Gasteiger charge is -2.32. The molecule has 1 N–H and O–H groups in total. The number of sulfonamides is 1. The van der Waals surface area contributed by atoms with Crippen molar-refractivity contribution in [3.8, 4) is 0 Å². The van der Waals surface area contributed by atoms with E-state index in [1.54, 1.807) is 29.2 Å². The van der Waals surface area contributed by atoms with Crippen molar-refractivity contribution in [3.63, 3.8) is 0 Å². The number of nitrogens with zero attached hydrogens (tertiary/aromatic N) is 2. The summed E-state index contributed by atoms with van der Waals surface area (Å²) in [5, 5.41) is 3.52. The van der Waals surface area contributed by atoms with Crippen molar-refractivity contribution in [3.05, 3.63) is 101 Å². The third-order valence-electron chi connectivity index (χ3n) is 6.56. The quantitative estimate of drug-likeness (QED) is 0.241. The van der Waals surface area contributed by atoms with Crippen LogP contribution in [0.5, 0.6) is 0 Å². The fraction of sp³-hybridized carbons (Fsp3) is 0.355. The Morgan fingerprint density at radius 3 is 2.05 bits per heavy atom. The number of benzene rings is 3. The third-order valence-corrected chi connectivity index (χ3v) is 8.01. The maximum Gasteiger partial charge on any atom is 0.243 e. The molecule has 3 aromatic rings. The highest BCUT2D eigenvalue weighted by atomic mass is 35.5. The van der Waals surface area contributed by atoms with E-state index < -0.39 is 16.1 Å². The van der Waals surface area contributed by atoms with Crippen LogP contribution in [0, 0.1) is 0 Å². The molecular formula is C31H38ClN3O4S. The van der Waals surface area contributed by atoms with Crippen LogP contribution in [-0.4, -0.2) is 50.5 Å². The predicted octanol–water partition coefficient (Wildman–Crippen LogP) is 5.44. The van der Waals surface area contributed by atoms with Crippen LogP contribution in [0.1, 0.15) is 43.7 Å². The SMILES string of the molecule is CCCCNC(=O)[C@H](Cc1ccccc1)N(Cc1ccccc1)C(=O)CCCN(c1ccc(Cl)cc1)S(C)(=O)=O. The maximum atomic E-state index is 13.8. The predicted molar refractivity (Wildman–Crippen MR) is 162 cm³/mol. The second-order valence-corrected chi connectivity index (χ2v) is 12.1. The van der Waals surface area contributed by atoms with E-state index in [4.69, 9.17) is 11.6 Å². The number of nitrogens with one attached hydrogen (secondary N) is 1. The number of unbranched alkanes of at least 4 members (excludes halogenated alkanes) is 1. The summed E-state index contributed by atoms with van der Waals surface area (Å²) in [7, 11) is -3.58. The minimum atomic E-state index is -3.58. The van der Waals surface area contributed by atoms with E-state index in [-0.39, 0.29) is 37.7 Å². The van der Waals surface area contributed by atoms with Crippen LogP contribution in [0.3, 0.4) is 0 Å². The van der Waals surface area contributed by atoms with E-state index >= 15 is 0 Å². The van der Waals surface area contributed by atoms with Gasteiger partial charge in [0.05, 0.1) is 11.9 Å². The molecule has 9 heteroatoms. The molecule has 3 rings (SSSR count). The number of amides is 2. The van der Waals surface area contributed by atoms with Gasteiger partial charge in [0.1, 0.15) is 6.04 Å². The summed E-state index contributed by atoms with van der Waals surface area (Å²) < 4.78 is 26.4. The fourth-order valence-corrected chi connectivity index (χ4v) is 5.54. The van der Waals surface area contributed by atoms with Crippen LogP contribution >= 0.6 is 11.6 Å². The number of anilines is 1. The summed E-state index contributed by atoms with van der Waals surface area (Å²) in [4.78, 5) is 28.9. The zero-order valence-corrected chi connectivity index (χ0v) is 24.7. The Morgan fingerprint density at radius 1 is 0.875 bits per heavy atom. The van der Waals surface area contributed by atoms with Gasteiger partial charge < -0.3 is 10.2 Å². The van der Waals surface area contributed by atoms with E-state index in [0.717, 1.165) is 30.2 Å². The lowest BCUT2D eigenvalue weighted by Crippen LogP contribution is -2.50. The molecular weight excluding hydrogens is 546 g/mol. The van der Waals surface area contributed by atoms with E-state index in [9.17, 15) is 18.0 Å². The molecule has 214 valence electrons. The van der Waals surface area contributed by atoms with Crippen molar-refractivity contribution in [1.29, 1.82) is 0 Å². The van der Waals surface area contributed by atoms with E-state index in [1.165, 1.54) is 4.31 Å². The van der Waals surface area contributed by atoms with Crippen LogP contribution in [0.25, 0.3) is 0 Å². The molecule has 0 aliphatic heterocycles. The number of carbonyl (C=O) groups is 2. The Kier molecular flexibility index (Phi) is 12.0. The molecule has 1 atom stereocenters. The minimum absolute atomic E-state index is 0.0833. The second-order valence-electron chi connectivity index (χ2n) is 9.77. The number of hydrogen-bond donors (Lipinski definition) is 1. The monoisotopic (exact) mass is 583 g/mol. The molecule has 2 amide bonds. The first kappa shape index (κ1) is 31.2. The van der Waals surface area contributed by atoms with Crippen LogP contribution in [0.4, 0.5) is 5.69 Å². The first-order chi connectivity index (χ1) is 19.2. The number of carbonyl (C=O) groups excluding carboxylic acids is 2. The summed E-state index contributed by atoms with van der Waals surface area (Å²) in [6, 6.07) is 25.1. The molecule has 0 fully saturated rings. The van der Waals surface area contributed by atoms with Gasteiger partial charge in [-0.3, -0.25) is 13.9 Å². The van der Waals surface area contributed by atoms with Crippen molar-refractivity contribution >= 4 is 39.1 Å². The summed E-state index contributed by atoms with van der Waals surface area (Å²) >= 11 is 5.98. The normalized spacial score (nSPS) is 12.0. The number of halogens is 1. The zero-order valence-electron chi connectivity index (χ0n) is 23.1. The third kappa shape index (κ3) is 9.68. The summed E-state index contributed by atoms with van der Waals surface area (Å²) in [5.41, 5.74) is 2.35. The molecule has 0 spiro atoms. The van der Waals surface area contributed by atoms with Gasteiger partial charge in [-0.2, -0.15) is 0 Å². The molecule has 7 nitrogen and oxygen atoms in total. The van der Waals surface area contributed by atoms with Gasteiger partial charge in [0.2, 0.25) is 21.8 Å². The first-order valence-electron chi connectivity index (χ1n) is 13.6. The summed E-state index contributed by atoms with van der Waals surface area (Å²) in [5.74, 6) is -0.402. The fourth-order valence-electron chi connectivity index (χ4n) is 4.45. The lowest BCUT2D eigenvalue weighted by molar-refractivity contribution is -0.141. The number of hydrogen-bond acceptors (Lipinski definition) is 4. The van der Waals surface area contributed by atoms with Gasteiger partial charge in [-0.1, -0.05) is 85.6 Å². The van der Waals surface area contributed by atoms with E-state index in [0.29, 0.717) is 23.7 Å². The molecule has 40 heavy (non-hydrogen) atoms. The van der Waals surface area contributed by atoms with Crippen molar-refractivity contribution in [2.45, 2.75) is 51.6 Å². The lowest BCUT2D eigenvalue weighted by atomic mass is 10.0. The molecule has 0 heterocycles. The molecule has 0 unspecified atom stereocenters. The standard InChI is InChI=1S/C31H38ClN3O4S/c1-3-4-21-33-31(37)29(23-25-12-7-5-8-13-25)34(24-26-14-9-6-10-15-26)30(36)16-11-22-35(40(2,38)39)28-19-17-27(32)18-20-28/h5-10,12-15,17-20,29H,3-4,11,16,21-24H2,1-2H3,(H,33,37)/t29-/m0/s1. The molecule has 0 bridgehead atoms. The number of rotatable bonds is 15. The molecule has 0 saturated carbocycles. The van der Waals surface area contributed by atoms with Crippen LogP contribution in [0.15, 0.2) is 84.9 Å². The summed E-state index contributed by atoms with van der Waals surface area (Å²) in [6.07, 6.45) is 3.68. The van der Waals surface area contributed by atoms with Crippen molar-refractivity contribution < 1.29 is 18.0 Å². The first-order valence-corrected chi connectivity index (χ1v) is 15.8. The van der Waals surface area contributed by atoms with Gasteiger partial charge in [-0.15, -0.1) is 0 Å². The highest BCUT2D eigenvalue weighted by molar-refractivity contribution is 7.92. The van der Waals surface area contributed by atoms with Crippen LogP contribution in [-0.2, 0) is 32.6 Å². The second kappa shape index (κ2) is 15.4. The van der Waals surface area contributed by atoms with Gasteiger partial charge in [-0.05, 0) is 48.2 Å². The summed E-state index contributed by atoms with van der Waals surface area (Å²) in [6.45, 7) is 2.99. The average molecular weight is 584 g/mol. The molecule has 0 aromatic heterocycles. The Balaban J connectivity index is 1.84. The van der Waals surface area contributed by atoms with Gasteiger partial charge in [-0.25, -0.2) is 8.42 Å². The molecule has 0 radical (unpaired) electrons. The van der Waals surface area contributed by atoms with Crippen molar-refractivity contribution in [1.82, 2.24) is 10.2 Å². The largest absolute Gasteiger partial charge is 0.354 e. The molecule has 3 aromatic carbocycles. The van der Waals surface area contributed by atoms with Gasteiger partial charge >= 0.3 is 0 Å². The van der Waals surface area contributed by atoms with E-state index in [1.807, 2.05) is 60.7 Å². The minimum Gasteiger partial charge on any atom is -0.354 e. The maximum absolute atomic E-state index is 13.8. The Morgan fingerprint density at radius 2 is 1.48 bits per heavy atom.